The van der Waals surface area contributed by atoms with Crippen LogP contribution in [0.3, 0.4) is 0 Å². The highest BCUT2D eigenvalue weighted by atomic mass is 16.6. The topological polar surface area (TPSA) is 73.5 Å². The summed E-state index contributed by atoms with van der Waals surface area (Å²) in [5.74, 6) is 1.02. The Morgan fingerprint density at radius 1 is 1.05 bits per heavy atom. The lowest BCUT2D eigenvalue weighted by Gasteiger charge is -1.97. The monoisotopic (exact) mass is 262 g/mol. The molecule has 6 nitrogen and oxygen atoms in total. The van der Waals surface area contributed by atoms with Crippen molar-refractivity contribution >= 4 is 11.6 Å². The molecule has 6 heteroatoms. The van der Waals surface area contributed by atoms with E-state index in [1.807, 2.05) is 0 Å². The highest BCUT2D eigenvalue weighted by Crippen LogP contribution is 2.18. The fourth-order valence-electron chi connectivity index (χ4n) is 1.73. The molecule has 0 saturated carbocycles. The van der Waals surface area contributed by atoms with Gasteiger partial charge >= 0.3 is 11.6 Å². The van der Waals surface area contributed by atoms with Crippen molar-refractivity contribution in [2.45, 2.75) is 12.8 Å². The predicted octanol–water partition coefficient (Wildman–Crippen LogP) is 2.90. The van der Waals surface area contributed by atoms with Gasteiger partial charge in [-0.3, -0.25) is 0 Å². The minimum absolute atomic E-state index is 0.174. The van der Waals surface area contributed by atoms with Crippen LogP contribution in [0.15, 0.2) is 40.8 Å². The molecule has 0 aliphatic heterocycles. The van der Waals surface area contributed by atoms with Crippen LogP contribution in [0.2, 0.25) is 0 Å². The molecule has 0 atom stereocenters. The number of hydrogen-bond donors (Lipinski definition) is 1. The molecule has 0 amide bonds. The van der Waals surface area contributed by atoms with E-state index in [2.05, 4.69) is 0 Å². The van der Waals surface area contributed by atoms with Gasteiger partial charge in [0.2, 0.25) is 0 Å². The predicted molar refractivity (Wildman–Crippen MR) is 66.8 cm³/mol. The normalized spacial score (nSPS) is 10.4. The van der Waals surface area contributed by atoms with Gasteiger partial charge in [-0.1, -0.05) is 12.1 Å². The summed E-state index contributed by atoms with van der Waals surface area (Å²) in [6.07, 6.45) is 1.38. The second-order valence-corrected chi connectivity index (χ2v) is 4.18. The van der Waals surface area contributed by atoms with Crippen LogP contribution in [-0.2, 0) is 12.8 Å². The quantitative estimate of drug-likeness (QED) is 0.664. The number of furan rings is 1. The van der Waals surface area contributed by atoms with E-state index in [1.165, 1.54) is 7.05 Å². The van der Waals surface area contributed by atoms with E-state index in [9.17, 15) is 9.81 Å². The summed E-state index contributed by atoms with van der Waals surface area (Å²) in [4.78, 5) is 21.5. The van der Waals surface area contributed by atoms with Crippen molar-refractivity contribution < 1.29 is 19.3 Å². The third kappa shape index (κ3) is 3.25. The fraction of sp³-hybridized carbons (Fsp3) is 0.231. The highest BCUT2D eigenvalue weighted by Gasteiger charge is 2.13. The average molecular weight is 262 g/mol. The molecule has 2 rings (SSSR count). The van der Waals surface area contributed by atoms with Crippen LogP contribution in [0.25, 0.3) is 0 Å². The molecule has 0 radical (unpaired) electrons. The van der Waals surface area contributed by atoms with Crippen molar-refractivity contribution in [2.24, 2.45) is 0 Å². The molecule has 1 N–H and O–H groups in total. The molecule has 1 heterocycles. The van der Waals surface area contributed by atoms with Crippen LogP contribution < -0.4 is 0 Å². The Bertz CT molecular complexity index is 601. The Labute approximate surface area is 109 Å². The van der Waals surface area contributed by atoms with E-state index >= 15 is 0 Å². The molecule has 98 valence electrons. The number of hydrogen-bond acceptors (Lipinski definition) is 3. The second kappa shape index (κ2) is 5.43. The molecule has 0 saturated heterocycles. The minimum atomic E-state index is -0.174. The standard InChI is InChI=1S/C13H14N2O4/c1-14(16)13-9-8-12(19-13)7-4-10-2-5-11(6-3-10)15(17)18/h2-3,5-6,8-9H,4,7H2,1H3,(H,17,18)/q+2. The zero-order valence-electron chi connectivity index (χ0n) is 10.4. The first-order valence-electron chi connectivity index (χ1n) is 5.81. The molecule has 0 fully saturated rings. The summed E-state index contributed by atoms with van der Waals surface area (Å²) in [5, 5.41) is 8.71. The zero-order chi connectivity index (χ0) is 13.8. The van der Waals surface area contributed by atoms with Gasteiger partial charge in [-0.25, -0.2) is 5.21 Å². The van der Waals surface area contributed by atoms with E-state index in [0.29, 0.717) is 11.2 Å². The number of nitrogens with zero attached hydrogens (tertiary/aromatic N) is 2. The first kappa shape index (κ1) is 12.9. The van der Waals surface area contributed by atoms with Crippen molar-refractivity contribution in [3.63, 3.8) is 0 Å². The van der Waals surface area contributed by atoms with Gasteiger partial charge in [0.25, 0.3) is 4.92 Å². The van der Waals surface area contributed by atoms with Crippen LogP contribution in [0.4, 0.5) is 11.6 Å². The largest absolute Gasteiger partial charge is 0.420 e. The Morgan fingerprint density at radius 3 is 2.26 bits per heavy atom. The smallest absolute Gasteiger partial charge is 0.407 e. The Kier molecular flexibility index (Phi) is 3.70. The Hall–Kier alpha value is -2.50. The van der Waals surface area contributed by atoms with Gasteiger partial charge in [0.1, 0.15) is 5.76 Å². The van der Waals surface area contributed by atoms with Crippen molar-refractivity contribution in [1.82, 2.24) is 0 Å². The summed E-state index contributed by atoms with van der Waals surface area (Å²) in [5.41, 5.74) is 1.20. The lowest BCUT2D eigenvalue weighted by Crippen LogP contribution is -1.93. The fourth-order valence-corrected chi connectivity index (χ4v) is 1.73. The SMILES string of the molecule is C[N+](=O)c1ccc(CCc2ccc([N+](=O)O)cc2)o1. The van der Waals surface area contributed by atoms with Crippen LogP contribution in [0, 0.1) is 9.81 Å². The van der Waals surface area contributed by atoms with E-state index in [0.717, 1.165) is 17.7 Å². The number of benzene rings is 1. The summed E-state index contributed by atoms with van der Waals surface area (Å²) in [7, 11) is 1.38. The molecule has 19 heavy (non-hydrogen) atoms. The summed E-state index contributed by atoms with van der Waals surface area (Å²) < 4.78 is 6.01. The van der Waals surface area contributed by atoms with Gasteiger partial charge in [-0.05, 0) is 18.1 Å². The maximum absolute atomic E-state index is 11.0. The average Bonchev–Trinajstić information content (AvgIpc) is 2.86. The number of rotatable bonds is 5. The van der Waals surface area contributed by atoms with Crippen molar-refractivity contribution in [1.29, 1.82) is 0 Å². The van der Waals surface area contributed by atoms with Gasteiger partial charge < -0.3 is 4.42 Å². The number of aryl methyl sites for hydroxylation is 2. The first-order chi connectivity index (χ1) is 9.06. The Balaban J connectivity index is 1.97. The molecular weight excluding hydrogens is 248 g/mol. The number of nitroso groups, excluding NO2 is 1. The van der Waals surface area contributed by atoms with Crippen LogP contribution in [0.5, 0.6) is 0 Å². The van der Waals surface area contributed by atoms with Gasteiger partial charge in [0.05, 0.1) is 15.7 Å². The molecule has 1 aromatic heterocycles. The van der Waals surface area contributed by atoms with Crippen LogP contribution in [0.1, 0.15) is 11.3 Å². The van der Waals surface area contributed by atoms with Crippen molar-refractivity contribution in [2.75, 3.05) is 7.05 Å². The third-order valence-electron chi connectivity index (χ3n) is 2.78. The molecule has 2 aromatic rings. The van der Waals surface area contributed by atoms with Crippen molar-refractivity contribution in [3.05, 3.63) is 57.5 Å². The van der Waals surface area contributed by atoms with E-state index in [1.54, 1.807) is 36.4 Å². The molecule has 0 unspecified atom stereocenters. The maximum atomic E-state index is 11.0. The molecule has 0 aliphatic carbocycles. The molecule has 0 aliphatic rings. The Morgan fingerprint density at radius 2 is 1.74 bits per heavy atom. The van der Waals surface area contributed by atoms with E-state index in [-0.39, 0.29) is 16.5 Å². The molecule has 0 spiro atoms. The highest BCUT2D eigenvalue weighted by molar-refractivity contribution is 5.32. The zero-order valence-corrected chi connectivity index (χ0v) is 10.4. The van der Waals surface area contributed by atoms with Gasteiger partial charge in [-0.15, -0.1) is 0 Å². The summed E-state index contributed by atoms with van der Waals surface area (Å²) >= 11 is 0. The van der Waals surface area contributed by atoms with Gasteiger partial charge in [0, 0.05) is 23.5 Å². The lowest BCUT2D eigenvalue weighted by molar-refractivity contribution is -0.729. The minimum Gasteiger partial charge on any atom is -0.407 e. The van der Waals surface area contributed by atoms with E-state index < -0.39 is 0 Å². The third-order valence-corrected chi connectivity index (χ3v) is 2.78. The molecule has 0 bridgehead atoms. The van der Waals surface area contributed by atoms with Gasteiger partial charge in [0.15, 0.2) is 7.05 Å². The lowest BCUT2D eigenvalue weighted by atomic mass is 10.1. The summed E-state index contributed by atoms with van der Waals surface area (Å²) in [6.45, 7) is 0. The summed E-state index contributed by atoms with van der Waals surface area (Å²) in [6, 6.07) is 10.0. The second-order valence-electron chi connectivity index (χ2n) is 4.18. The first-order valence-corrected chi connectivity index (χ1v) is 5.81. The maximum Gasteiger partial charge on any atom is 0.420 e. The van der Waals surface area contributed by atoms with Crippen LogP contribution in [-0.4, -0.2) is 21.9 Å². The molecular formula is C13H14N2O4+2. The van der Waals surface area contributed by atoms with Crippen LogP contribution >= 0.6 is 0 Å². The molecule has 1 aromatic carbocycles. The van der Waals surface area contributed by atoms with E-state index in [4.69, 9.17) is 9.62 Å². The van der Waals surface area contributed by atoms with Crippen molar-refractivity contribution in [3.8, 4) is 0 Å². The van der Waals surface area contributed by atoms with Gasteiger partial charge in [-0.2, -0.15) is 0 Å².